The molecule has 2 N–H and O–H groups in total. The number of ether oxygens (including phenoxy) is 1. The van der Waals surface area contributed by atoms with Gasteiger partial charge in [-0.3, -0.25) is 4.90 Å². The van der Waals surface area contributed by atoms with E-state index in [1.54, 1.807) is 25.2 Å². The Kier molecular flexibility index (Phi) is 5.80. The Labute approximate surface area is 175 Å². The van der Waals surface area contributed by atoms with Gasteiger partial charge in [0.15, 0.2) is 0 Å². The first-order valence-corrected chi connectivity index (χ1v) is 10.1. The second kappa shape index (κ2) is 8.68. The number of pyridine rings is 1. The first-order valence-electron chi connectivity index (χ1n) is 8.93. The maximum Gasteiger partial charge on any atom is 0.694 e. The Morgan fingerprint density at radius 1 is 1.39 bits per heavy atom. The number of aryl methyl sites for hydroxylation is 1. The number of hydrogen-bond donors (Lipinski definition) is 2. The summed E-state index contributed by atoms with van der Waals surface area (Å²) in [6.07, 6.45) is 0.0802. The summed E-state index contributed by atoms with van der Waals surface area (Å²) < 4.78 is 36.5. The van der Waals surface area contributed by atoms with E-state index < -0.39 is 26.3 Å². The minimum absolute atomic E-state index is 0.0691. The molecule has 1 aliphatic rings. The van der Waals surface area contributed by atoms with Crippen LogP contribution in [0.1, 0.15) is 0 Å². The minimum Gasteiger partial charge on any atom is -0.441 e. The van der Waals surface area contributed by atoms with Crippen LogP contribution in [0.3, 0.4) is 0 Å². The molecular formula is C17H16FN7O5P+. The quantitative estimate of drug-likeness (QED) is 0.516. The molecule has 3 aromatic rings. The highest BCUT2D eigenvalue weighted by Gasteiger charge is 2.35. The van der Waals surface area contributed by atoms with Crippen LogP contribution in [0.2, 0.25) is 0 Å². The predicted molar refractivity (Wildman–Crippen MR) is 105 cm³/mol. The van der Waals surface area contributed by atoms with Gasteiger partial charge >= 0.3 is 14.3 Å². The van der Waals surface area contributed by atoms with Crippen molar-refractivity contribution in [3.8, 4) is 11.1 Å². The second-order valence-corrected chi connectivity index (χ2v) is 7.23. The van der Waals surface area contributed by atoms with Crippen LogP contribution < -0.4 is 10.2 Å². The van der Waals surface area contributed by atoms with Gasteiger partial charge in [0.2, 0.25) is 5.95 Å². The monoisotopic (exact) mass is 448 g/mol. The van der Waals surface area contributed by atoms with Gasteiger partial charge in [-0.05, 0) is 40.8 Å². The van der Waals surface area contributed by atoms with Gasteiger partial charge in [-0.15, -0.1) is 9.42 Å². The number of cyclic esters (lactones) is 1. The van der Waals surface area contributed by atoms with Gasteiger partial charge in [-0.25, -0.2) is 18.9 Å². The zero-order valence-corrected chi connectivity index (χ0v) is 16.9. The maximum absolute atomic E-state index is 14.8. The number of rotatable bonds is 7. The normalized spacial score (nSPS) is 16.4. The molecule has 0 aliphatic carbocycles. The summed E-state index contributed by atoms with van der Waals surface area (Å²) in [5, 5.41) is 14.0. The van der Waals surface area contributed by atoms with Crippen LogP contribution in [0.25, 0.3) is 11.1 Å². The van der Waals surface area contributed by atoms with Gasteiger partial charge < -0.3 is 10.1 Å². The first-order chi connectivity index (χ1) is 14.9. The smallest absolute Gasteiger partial charge is 0.441 e. The maximum atomic E-state index is 14.8. The molecule has 0 bridgehead atoms. The highest BCUT2D eigenvalue weighted by molar-refractivity contribution is 7.32. The van der Waals surface area contributed by atoms with Crippen LogP contribution >= 0.6 is 8.25 Å². The third kappa shape index (κ3) is 4.63. The summed E-state index contributed by atoms with van der Waals surface area (Å²) in [6, 6.07) is 7.66. The Hall–Kier alpha value is -3.54. The number of benzene rings is 1. The van der Waals surface area contributed by atoms with E-state index in [4.69, 9.17) is 9.63 Å². The zero-order valence-electron chi connectivity index (χ0n) is 16.0. The lowest BCUT2D eigenvalue weighted by molar-refractivity contribution is 0.103. The molecular weight excluding hydrogens is 432 g/mol. The number of aromatic nitrogens is 5. The van der Waals surface area contributed by atoms with Crippen molar-refractivity contribution in [1.82, 2.24) is 25.2 Å². The molecule has 0 spiro atoms. The van der Waals surface area contributed by atoms with Crippen LogP contribution in [-0.4, -0.2) is 55.4 Å². The Bertz CT molecular complexity index is 1130. The van der Waals surface area contributed by atoms with Crippen LogP contribution in [0.15, 0.2) is 36.5 Å². The van der Waals surface area contributed by atoms with Crippen molar-refractivity contribution >= 4 is 31.8 Å². The van der Waals surface area contributed by atoms with E-state index in [0.29, 0.717) is 28.6 Å². The van der Waals surface area contributed by atoms with Crippen molar-refractivity contribution in [1.29, 1.82) is 0 Å². The highest BCUT2D eigenvalue weighted by atomic mass is 31.1. The summed E-state index contributed by atoms with van der Waals surface area (Å²) in [5.74, 6) is 0.336. The molecule has 4 rings (SSSR count). The van der Waals surface area contributed by atoms with Gasteiger partial charge in [0, 0.05) is 28.9 Å². The third-order valence-electron chi connectivity index (χ3n) is 4.44. The average molecular weight is 448 g/mol. The predicted octanol–water partition coefficient (Wildman–Crippen LogP) is 2.15. The molecule has 1 amide bonds. The Balaban J connectivity index is 1.47. The van der Waals surface area contributed by atoms with E-state index in [0.717, 1.165) is 0 Å². The largest absolute Gasteiger partial charge is 0.694 e. The third-order valence-corrected chi connectivity index (χ3v) is 4.81. The first kappa shape index (κ1) is 20.7. The van der Waals surface area contributed by atoms with Crippen molar-refractivity contribution in [2.24, 2.45) is 7.05 Å². The molecule has 0 radical (unpaired) electrons. The number of carbonyl (C=O) groups is 1. The molecule has 12 nitrogen and oxygen atoms in total. The van der Waals surface area contributed by atoms with Gasteiger partial charge in [0.25, 0.3) is 0 Å². The van der Waals surface area contributed by atoms with Crippen LogP contribution in [0, 0.1) is 5.82 Å². The number of tetrazole rings is 1. The summed E-state index contributed by atoms with van der Waals surface area (Å²) >= 11 is 0. The molecule has 31 heavy (non-hydrogen) atoms. The van der Waals surface area contributed by atoms with Crippen molar-refractivity contribution < 1.29 is 27.9 Å². The van der Waals surface area contributed by atoms with Crippen LogP contribution in [-0.2, 0) is 20.9 Å². The summed E-state index contributed by atoms with van der Waals surface area (Å²) in [5.41, 5.74) is 1.13. The topological polar surface area (TPSA) is 145 Å². The average Bonchev–Trinajstić information content (AvgIpc) is 3.32. The van der Waals surface area contributed by atoms with E-state index >= 15 is 0 Å². The summed E-state index contributed by atoms with van der Waals surface area (Å²) in [4.78, 5) is 26.2. The lowest BCUT2D eigenvalue weighted by atomic mass is 10.1. The van der Waals surface area contributed by atoms with Crippen molar-refractivity contribution in [2.45, 2.75) is 6.10 Å². The fourth-order valence-electron chi connectivity index (χ4n) is 2.95. The van der Waals surface area contributed by atoms with Crippen molar-refractivity contribution in [3.05, 3.63) is 42.3 Å². The molecule has 1 unspecified atom stereocenters. The van der Waals surface area contributed by atoms with Crippen molar-refractivity contribution in [3.63, 3.8) is 0 Å². The number of amides is 1. The molecule has 14 heteroatoms. The van der Waals surface area contributed by atoms with E-state index in [-0.39, 0.29) is 13.2 Å². The van der Waals surface area contributed by atoms with E-state index in [1.165, 1.54) is 27.9 Å². The van der Waals surface area contributed by atoms with Gasteiger partial charge in [-0.1, -0.05) is 5.10 Å². The fourth-order valence-corrected chi connectivity index (χ4v) is 3.24. The van der Waals surface area contributed by atoms with Crippen LogP contribution in [0.4, 0.5) is 26.6 Å². The van der Waals surface area contributed by atoms with Crippen LogP contribution in [0.5, 0.6) is 0 Å². The Morgan fingerprint density at radius 3 is 2.87 bits per heavy atom. The minimum atomic E-state index is -2.79. The lowest BCUT2D eigenvalue weighted by Crippen LogP contribution is -2.25. The highest BCUT2D eigenvalue weighted by Crippen LogP contribution is 2.30. The number of anilines is 3. The zero-order chi connectivity index (χ0) is 22.0. The summed E-state index contributed by atoms with van der Waals surface area (Å²) in [7, 11) is -1.12. The van der Waals surface area contributed by atoms with E-state index in [9.17, 15) is 13.8 Å². The Morgan fingerprint density at radius 2 is 2.23 bits per heavy atom. The molecule has 160 valence electrons. The van der Waals surface area contributed by atoms with Gasteiger partial charge in [0.05, 0.1) is 12.2 Å². The van der Waals surface area contributed by atoms with Crippen molar-refractivity contribution in [2.75, 3.05) is 23.4 Å². The molecule has 3 heterocycles. The molecule has 1 fully saturated rings. The molecule has 2 atom stereocenters. The lowest BCUT2D eigenvalue weighted by Gasteiger charge is -2.14. The molecule has 2 aromatic heterocycles. The number of hydrogen-bond acceptors (Lipinski definition) is 9. The molecule has 1 aliphatic heterocycles. The number of halogens is 1. The molecule has 1 aromatic carbocycles. The number of carbonyl (C=O) groups excluding carboxylic acids is 1. The SMILES string of the molecule is Cn1nnnc1Nc1ccc(-c2ccc(N3C[C@H](CO[P+](=O)O)OC3=O)cc2F)cn1. The second-order valence-electron chi connectivity index (χ2n) is 6.50. The summed E-state index contributed by atoms with van der Waals surface area (Å²) in [6.45, 7) is -0.162. The number of nitrogens with zero attached hydrogens (tertiary/aromatic N) is 6. The standard InChI is InChI=1S/C17H15FN7O5P/c1-24-16(21-22-23-24)20-15-5-2-10(7-19-15)13-4-3-11(6-14(13)18)25-8-12(30-17(25)26)9-29-31(27)28/h2-7,12H,8-9H2,1H3,(H-,19,20,21,23,27,28)/p+1/t12-/m1/s1. The van der Waals surface area contributed by atoms with Gasteiger partial charge in [0.1, 0.15) is 24.3 Å². The number of nitrogens with one attached hydrogen (secondary N) is 1. The molecule has 0 saturated carbocycles. The van der Waals surface area contributed by atoms with E-state index in [1.807, 2.05) is 0 Å². The molecule has 1 saturated heterocycles. The van der Waals surface area contributed by atoms with E-state index in [2.05, 4.69) is 30.3 Å². The van der Waals surface area contributed by atoms with Gasteiger partial charge in [-0.2, -0.15) is 0 Å². The fraction of sp³-hybridized carbons (Fsp3) is 0.235.